The van der Waals surface area contributed by atoms with Crippen molar-refractivity contribution in [1.82, 2.24) is 0 Å². The number of phenols is 2. The van der Waals surface area contributed by atoms with Crippen LogP contribution in [0.3, 0.4) is 0 Å². The van der Waals surface area contributed by atoms with Gasteiger partial charge in [0.15, 0.2) is 5.78 Å². The third kappa shape index (κ3) is 2.77. The van der Waals surface area contributed by atoms with Gasteiger partial charge in [0.05, 0.1) is 5.56 Å². The average Bonchev–Trinajstić information content (AvgIpc) is 2.37. The minimum atomic E-state index is -1.28. The van der Waals surface area contributed by atoms with Crippen molar-refractivity contribution in [3.8, 4) is 22.6 Å². The third-order valence-electron chi connectivity index (χ3n) is 2.78. The lowest BCUT2D eigenvalue weighted by Gasteiger charge is -2.11. The number of carboxylic acid groups (broad SMARTS) is 1. The van der Waals surface area contributed by atoms with Crippen LogP contribution < -0.4 is 0 Å². The highest BCUT2D eigenvalue weighted by atomic mass is 16.4. The predicted molar refractivity (Wildman–Crippen MR) is 71.8 cm³/mol. The van der Waals surface area contributed by atoms with Gasteiger partial charge in [-0.3, -0.25) is 9.59 Å². The Hall–Kier alpha value is -2.82. The fraction of sp³-hybridized carbons (Fsp3) is 0.0667. The lowest BCUT2D eigenvalue weighted by molar-refractivity contribution is -0.135. The molecular weight excluding hydrogens is 260 g/mol. The molecule has 0 saturated heterocycles. The van der Waals surface area contributed by atoms with Crippen molar-refractivity contribution in [3.63, 3.8) is 0 Å². The number of aromatic hydroxyl groups is 2. The molecule has 2 rings (SSSR count). The van der Waals surface area contributed by atoms with Crippen LogP contribution in [0.1, 0.15) is 16.8 Å². The number of benzene rings is 2. The molecule has 0 amide bonds. The first-order chi connectivity index (χ1) is 9.49. The van der Waals surface area contributed by atoms with Crippen LogP contribution >= 0.6 is 0 Å². The van der Waals surface area contributed by atoms with Crippen molar-refractivity contribution >= 4 is 11.8 Å². The van der Waals surface area contributed by atoms with Gasteiger partial charge in [-0.25, -0.2) is 0 Å². The van der Waals surface area contributed by atoms with Crippen LogP contribution in [-0.2, 0) is 4.79 Å². The number of carbonyl (C=O) groups is 2. The molecular formula is C15H12O5. The summed E-state index contributed by atoms with van der Waals surface area (Å²) in [5.41, 5.74) is 0.804. The van der Waals surface area contributed by atoms with E-state index in [2.05, 4.69) is 0 Å². The van der Waals surface area contributed by atoms with E-state index >= 15 is 0 Å². The van der Waals surface area contributed by atoms with Crippen LogP contribution in [0.4, 0.5) is 0 Å². The molecule has 0 radical (unpaired) electrons. The molecule has 3 N–H and O–H groups in total. The standard InChI is InChI=1S/C15H12O5/c16-10-6-11(9-4-2-1-3-5-9)15(12(17)7-10)13(18)8-14(19)20/h1-7,16-17H,8H2,(H,19,20). The quantitative estimate of drug-likeness (QED) is 0.587. The predicted octanol–water partition coefficient (Wildman–Crippen LogP) is 2.42. The van der Waals surface area contributed by atoms with Crippen LogP contribution in [0.15, 0.2) is 42.5 Å². The van der Waals surface area contributed by atoms with Gasteiger partial charge in [0.2, 0.25) is 0 Å². The molecule has 5 nitrogen and oxygen atoms in total. The summed E-state index contributed by atoms with van der Waals surface area (Å²) in [5, 5.41) is 28.1. The van der Waals surface area contributed by atoms with Crippen molar-refractivity contribution in [1.29, 1.82) is 0 Å². The molecule has 0 aromatic heterocycles. The lowest BCUT2D eigenvalue weighted by Crippen LogP contribution is -2.08. The zero-order valence-corrected chi connectivity index (χ0v) is 10.4. The Morgan fingerprint density at radius 1 is 1.00 bits per heavy atom. The molecule has 0 bridgehead atoms. The van der Waals surface area contributed by atoms with E-state index in [0.717, 1.165) is 6.07 Å². The first-order valence-corrected chi connectivity index (χ1v) is 5.85. The summed E-state index contributed by atoms with van der Waals surface area (Å²) in [7, 11) is 0. The number of Topliss-reactive ketones (excluding diaryl/α,β-unsaturated/α-hetero) is 1. The number of carboxylic acids is 1. The summed E-state index contributed by atoms with van der Waals surface area (Å²) in [6, 6.07) is 11.0. The van der Waals surface area contributed by atoms with Gasteiger partial charge in [0, 0.05) is 6.07 Å². The average molecular weight is 272 g/mol. The smallest absolute Gasteiger partial charge is 0.311 e. The van der Waals surface area contributed by atoms with E-state index in [4.69, 9.17) is 5.11 Å². The van der Waals surface area contributed by atoms with Gasteiger partial charge >= 0.3 is 5.97 Å². The van der Waals surface area contributed by atoms with Gasteiger partial charge in [-0.05, 0) is 17.2 Å². The van der Waals surface area contributed by atoms with Gasteiger partial charge in [-0.15, -0.1) is 0 Å². The van der Waals surface area contributed by atoms with E-state index in [1.807, 2.05) is 0 Å². The lowest BCUT2D eigenvalue weighted by atomic mass is 9.94. The van der Waals surface area contributed by atoms with Crippen LogP contribution in [0.25, 0.3) is 11.1 Å². The maximum absolute atomic E-state index is 12.0. The number of aliphatic carboxylic acids is 1. The number of hydrogen-bond donors (Lipinski definition) is 3. The Kier molecular flexibility index (Phi) is 3.70. The molecule has 0 unspecified atom stereocenters. The zero-order valence-electron chi connectivity index (χ0n) is 10.4. The molecule has 0 saturated carbocycles. The Bertz CT molecular complexity index is 661. The summed E-state index contributed by atoms with van der Waals surface area (Å²) in [6.45, 7) is 0. The van der Waals surface area contributed by atoms with Crippen molar-refractivity contribution in [3.05, 3.63) is 48.0 Å². The SMILES string of the molecule is O=C(O)CC(=O)c1c(O)cc(O)cc1-c1ccccc1. The number of rotatable bonds is 4. The largest absolute Gasteiger partial charge is 0.508 e. The fourth-order valence-corrected chi connectivity index (χ4v) is 1.98. The summed E-state index contributed by atoms with van der Waals surface area (Å²) in [4.78, 5) is 22.6. The molecule has 0 aliphatic rings. The number of ketones is 1. The normalized spacial score (nSPS) is 10.2. The third-order valence-corrected chi connectivity index (χ3v) is 2.78. The summed E-state index contributed by atoms with van der Waals surface area (Å²) in [6.07, 6.45) is -0.724. The summed E-state index contributed by atoms with van der Waals surface area (Å²) < 4.78 is 0. The van der Waals surface area contributed by atoms with Crippen molar-refractivity contribution in [2.24, 2.45) is 0 Å². The number of carbonyl (C=O) groups excluding carboxylic acids is 1. The van der Waals surface area contributed by atoms with E-state index < -0.39 is 23.9 Å². The second-order valence-corrected chi connectivity index (χ2v) is 4.25. The highest BCUT2D eigenvalue weighted by Crippen LogP contribution is 2.35. The maximum Gasteiger partial charge on any atom is 0.311 e. The Labute approximate surface area is 114 Å². The zero-order chi connectivity index (χ0) is 14.7. The van der Waals surface area contributed by atoms with E-state index in [9.17, 15) is 19.8 Å². The van der Waals surface area contributed by atoms with E-state index in [1.54, 1.807) is 30.3 Å². The van der Waals surface area contributed by atoms with E-state index in [1.165, 1.54) is 6.07 Å². The number of hydrogen-bond acceptors (Lipinski definition) is 4. The highest BCUT2D eigenvalue weighted by molar-refractivity contribution is 6.11. The maximum atomic E-state index is 12.0. The molecule has 20 heavy (non-hydrogen) atoms. The van der Waals surface area contributed by atoms with Gasteiger partial charge in [0.1, 0.15) is 17.9 Å². The van der Waals surface area contributed by atoms with Crippen LogP contribution in [0, 0.1) is 0 Å². The molecule has 0 heterocycles. The molecule has 0 spiro atoms. The molecule has 102 valence electrons. The van der Waals surface area contributed by atoms with Crippen LogP contribution in [0.5, 0.6) is 11.5 Å². The van der Waals surface area contributed by atoms with Crippen molar-refractivity contribution < 1.29 is 24.9 Å². The van der Waals surface area contributed by atoms with Gasteiger partial charge in [-0.2, -0.15) is 0 Å². The molecule has 2 aromatic carbocycles. The molecule has 0 atom stereocenters. The highest BCUT2D eigenvalue weighted by Gasteiger charge is 2.20. The van der Waals surface area contributed by atoms with Gasteiger partial charge in [-0.1, -0.05) is 30.3 Å². The Balaban J connectivity index is 2.61. The van der Waals surface area contributed by atoms with Gasteiger partial charge in [0.25, 0.3) is 0 Å². The molecule has 0 aliphatic carbocycles. The van der Waals surface area contributed by atoms with E-state index in [-0.39, 0.29) is 11.3 Å². The van der Waals surface area contributed by atoms with Gasteiger partial charge < -0.3 is 15.3 Å². The van der Waals surface area contributed by atoms with Crippen molar-refractivity contribution in [2.75, 3.05) is 0 Å². The minimum Gasteiger partial charge on any atom is -0.508 e. The second kappa shape index (κ2) is 5.44. The molecule has 0 fully saturated rings. The first kappa shape index (κ1) is 13.6. The topological polar surface area (TPSA) is 94.8 Å². The molecule has 2 aromatic rings. The number of phenolic OH excluding ortho intramolecular Hbond substituents is 2. The van der Waals surface area contributed by atoms with Crippen LogP contribution in [-0.4, -0.2) is 27.1 Å². The fourth-order valence-electron chi connectivity index (χ4n) is 1.98. The van der Waals surface area contributed by atoms with Crippen molar-refractivity contribution in [2.45, 2.75) is 6.42 Å². The monoisotopic (exact) mass is 272 g/mol. The Morgan fingerprint density at radius 3 is 2.25 bits per heavy atom. The molecule has 0 aliphatic heterocycles. The molecule has 5 heteroatoms. The Morgan fingerprint density at radius 2 is 1.65 bits per heavy atom. The second-order valence-electron chi connectivity index (χ2n) is 4.25. The van der Waals surface area contributed by atoms with Crippen LogP contribution in [0.2, 0.25) is 0 Å². The first-order valence-electron chi connectivity index (χ1n) is 5.85. The summed E-state index contributed by atoms with van der Waals surface area (Å²) in [5.74, 6) is -2.63. The summed E-state index contributed by atoms with van der Waals surface area (Å²) >= 11 is 0. The minimum absolute atomic E-state index is 0.101. The van der Waals surface area contributed by atoms with E-state index in [0.29, 0.717) is 11.1 Å².